The van der Waals surface area contributed by atoms with Crippen molar-refractivity contribution in [3.8, 4) is 28.1 Å². The van der Waals surface area contributed by atoms with Gasteiger partial charge >= 0.3 is 0 Å². The summed E-state index contributed by atoms with van der Waals surface area (Å²) in [5, 5.41) is 13.5. The molecule has 0 spiro atoms. The first-order chi connectivity index (χ1) is 14.3. The Hall–Kier alpha value is -2.51. The lowest BCUT2D eigenvalue weighted by Gasteiger charge is -2.13. The highest BCUT2D eigenvalue weighted by Crippen LogP contribution is 2.35. The minimum atomic E-state index is -0.926. The van der Waals surface area contributed by atoms with E-state index in [0.29, 0.717) is 35.8 Å². The number of ether oxygens (including phenoxy) is 1. The van der Waals surface area contributed by atoms with Gasteiger partial charge in [-0.1, -0.05) is 28.1 Å². The van der Waals surface area contributed by atoms with Gasteiger partial charge in [-0.15, -0.1) is 0 Å². The molecule has 7 heteroatoms. The monoisotopic (exact) mass is 476 g/mol. The van der Waals surface area contributed by atoms with Crippen LogP contribution < -0.4 is 5.32 Å². The van der Waals surface area contributed by atoms with Gasteiger partial charge in [0.25, 0.3) is 0 Å². The molecule has 0 saturated carbocycles. The second kappa shape index (κ2) is 10.00. The van der Waals surface area contributed by atoms with E-state index in [-0.39, 0.29) is 17.4 Å². The van der Waals surface area contributed by atoms with Gasteiger partial charge in [0.05, 0.1) is 11.8 Å². The van der Waals surface area contributed by atoms with E-state index in [9.17, 15) is 13.9 Å². The van der Waals surface area contributed by atoms with Crippen LogP contribution in [0.1, 0.15) is 20.3 Å². The molecule has 0 amide bonds. The van der Waals surface area contributed by atoms with Gasteiger partial charge in [-0.25, -0.2) is 13.8 Å². The van der Waals surface area contributed by atoms with Crippen molar-refractivity contribution in [1.82, 2.24) is 4.98 Å². The van der Waals surface area contributed by atoms with Gasteiger partial charge in [0, 0.05) is 28.8 Å². The quantitative estimate of drug-likeness (QED) is 0.370. The number of hydrogen-bond donors (Lipinski definition) is 2. The number of nitrogens with zero attached hydrogens (tertiary/aromatic N) is 1. The van der Waals surface area contributed by atoms with Gasteiger partial charge in [-0.2, -0.15) is 0 Å². The summed E-state index contributed by atoms with van der Waals surface area (Å²) < 4.78 is 34.5. The van der Waals surface area contributed by atoms with E-state index in [1.165, 1.54) is 12.1 Å². The maximum absolute atomic E-state index is 14.4. The fourth-order valence-electron chi connectivity index (χ4n) is 2.96. The second-order valence-electron chi connectivity index (χ2n) is 7.09. The number of nitrogens with one attached hydrogen (secondary N) is 1. The van der Waals surface area contributed by atoms with Gasteiger partial charge in [0.1, 0.15) is 11.6 Å². The Morgan fingerprint density at radius 1 is 1.10 bits per heavy atom. The van der Waals surface area contributed by atoms with Crippen LogP contribution in [-0.4, -0.2) is 29.3 Å². The summed E-state index contributed by atoms with van der Waals surface area (Å²) in [6.07, 6.45) is 0.920. The van der Waals surface area contributed by atoms with Crippen LogP contribution in [0, 0.1) is 11.6 Å². The number of rotatable bonds is 8. The predicted molar refractivity (Wildman–Crippen MR) is 119 cm³/mol. The fraction of sp³-hybridized carbons (Fsp3) is 0.261. The zero-order chi connectivity index (χ0) is 21.7. The van der Waals surface area contributed by atoms with Gasteiger partial charge in [-0.3, -0.25) is 0 Å². The highest BCUT2D eigenvalue weighted by atomic mass is 79.9. The minimum Gasteiger partial charge on any atom is -0.507 e. The van der Waals surface area contributed by atoms with Crippen molar-refractivity contribution in [3.63, 3.8) is 0 Å². The molecule has 0 atom stereocenters. The van der Waals surface area contributed by atoms with Crippen molar-refractivity contribution < 1.29 is 18.6 Å². The third-order valence-electron chi connectivity index (χ3n) is 4.40. The molecule has 0 bridgehead atoms. The van der Waals surface area contributed by atoms with Crippen molar-refractivity contribution in [3.05, 3.63) is 64.6 Å². The first-order valence-corrected chi connectivity index (χ1v) is 10.5. The molecule has 0 aliphatic heterocycles. The van der Waals surface area contributed by atoms with Crippen molar-refractivity contribution in [2.45, 2.75) is 26.4 Å². The lowest BCUT2D eigenvalue weighted by atomic mass is 10.0. The average Bonchev–Trinajstić information content (AvgIpc) is 2.71. The molecule has 0 saturated heterocycles. The predicted octanol–water partition coefficient (Wildman–Crippen LogP) is 6.39. The summed E-state index contributed by atoms with van der Waals surface area (Å²) >= 11 is 3.39. The Morgan fingerprint density at radius 2 is 1.90 bits per heavy atom. The van der Waals surface area contributed by atoms with E-state index in [1.54, 1.807) is 30.3 Å². The van der Waals surface area contributed by atoms with E-state index in [2.05, 4.69) is 26.2 Å². The van der Waals surface area contributed by atoms with Crippen LogP contribution in [0.15, 0.2) is 53.0 Å². The van der Waals surface area contributed by atoms with Crippen LogP contribution >= 0.6 is 15.9 Å². The minimum absolute atomic E-state index is 0.0406. The van der Waals surface area contributed by atoms with E-state index >= 15 is 0 Å². The third kappa shape index (κ3) is 5.55. The van der Waals surface area contributed by atoms with Gasteiger partial charge in [0.2, 0.25) is 0 Å². The van der Waals surface area contributed by atoms with Crippen molar-refractivity contribution in [2.75, 3.05) is 18.5 Å². The normalized spacial score (nSPS) is 11.1. The molecule has 30 heavy (non-hydrogen) atoms. The molecule has 0 fully saturated rings. The smallest absolute Gasteiger partial charge is 0.166 e. The molecule has 3 rings (SSSR count). The number of hydrogen-bond acceptors (Lipinski definition) is 4. The number of phenols is 1. The molecule has 0 aliphatic rings. The van der Waals surface area contributed by atoms with E-state index in [4.69, 9.17) is 4.74 Å². The largest absolute Gasteiger partial charge is 0.507 e. The van der Waals surface area contributed by atoms with Crippen LogP contribution in [0.2, 0.25) is 0 Å². The van der Waals surface area contributed by atoms with Crippen LogP contribution in [0.25, 0.3) is 22.4 Å². The fourth-order valence-corrected chi connectivity index (χ4v) is 3.32. The summed E-state index contributed by atoms with van der Waals surface area (Å²) in [6, 6.07) is 12.3. The Labute approximate surface area is 183 Å². The number of aromatic nitrogens is 1. The van der Waals surface area contributed by atoms with Crippen molar-refractivity contribution >= 4 is 21.7 Å². The van der Waals surface area contributed by atoms with Gasteiger partial charge < -0.3 is 15.2 Å². The van der Waals surface area contributed by atoms with Crippen LogP contribution in [0.5, 0.6) is 5.75 Å². The standard InChI is InChI=1S/C23H23BrF2N2O2/c1-14(2)30-10-4-9-27-22-12-15(17-5-3-6-19(25)23(17)26)11-20(28-22)18-13-16(24)7-8-21(18)29/h3,5-8,11-14,29H,4,9-10H2,1-2H3,(H,27,28). The Bertz CT molecular complexity index is 1010. The Balaban J connectivity index is 1.98. The van der Waals surface area contributed by atoms with E-state index < -0.39 is 11.6 Å². The average molecular weight is 477 g/mol. The molecule has 158 valence electrons. The van der Waals surface area contributed by atoms with Gasteiger partial charge in [0.15, 0.2) is 11.6 Å². The molecule has 0 aliphatic carbocycles. The van der Waals surface area contributed by atoms with E-state index in [0.717, 1.165) is 17.0 Å². The number of aromatic hydroxyl groups is 1. The molecule has 1 aromatic heterocycles. The molecular weight excluding hydrogens is 454 g/mol. The maximum Gasteiger partial charge on any atom is 0.166 e. The highest BCUT2D eigenvalue weighted by Gasteiger charge is 2.15. The number of pyridine rings is 1. The molecule has 2 aromatic carbocycles. The van der Waals surface area contributed by atoms with E-state index in [1.807, 2.05) is 13.8 Å². The zero-order valence-electron chi connectivity index (χ0n) is 16.8. The molecule has 2 N–H and O–H groups in total. The maximum atomic E-state index is 14.4. The van der Waals surface area contributed by atoms with Crippen LogP contribution in [0.3, 0.4) is 0 Å². The lowest BCUT2D eigenvalue weighted by molar-refractivity contribution is 0.0787. The molecule has 4 nitrogen and oxygen atoms in total. The number of anilines is 1. The SMILES string of the molecule is CC(C)OCCCNc1cc(-c2cccc(F)c2F)cc(-c2cc(Br)ccc2O)n1. The van der Waals surface area contributed by atoms with Crippen LogP contribution in [0.4, 0.5) is 14.6 Å². The molecule has 0 unspecified atom stereocenters. The number of phenolic OH excluding ortho intramolecular Hbond substituents is 1. The second-order valence-corrected chi connectivity index (χ2v) is 8.00. The summed E-state index contributed by atoms with van der Waals surface area (Å²) in [5.41, 5.74) is 1.50. The lowest BCUT2D eigenvalue weighted by Crippen LogP contribution is -2.10. The van der Waals surface area contributed by atoms with Crippen molar-refractivity contribution in [1.29, 1.82) is 0 Å². The van der Waals surface area contributed by atoms with Crippen LogP contribution in [-0.2, 0) is 4.74 Å². The Morgan fingerprint density at radius 3 is 2.67 bits per heavy atom. The first kappa shape index (κ1) is 22.2. The highest BCUT2D eigenvalue weighted by molar-refractivity contribution is 9.10. The molecule has 1 heterocycles. The van der Waals surface area contributed by atoms with Crippen molar-refractivity contribution in [2.24, 2.45) is 0 Å². The summed E-state index contributed by atoms with van der Waals surface area (Å²) in [7, 11) is 0. The summed E-state index contributed by atoms with van der Waals surface area (Å²) in [5.74, 6) is -1.31. The summed E-state index contributed by atoms with van der Waals surface area (Å²) in [6.45, 7) is 5.15. The molecule has 3 aromatic rings. The third-order valence-corrected chi connectivity index (χ3v) is 4.89. The molecular formula is C23H23BrF2N2O2. The molecule has 0 radical (unpaired) electrons. The topological polar surface area (TPSA) is 54.4 Å². The first-order valence-electron chi connectivity index (χ1n) is 9.66. The zero-order valence-corrected chi connectivity index (χ0v) is 18.3. The summed E-state index contributed by atoms with van der Waals surface area (Å²) in [4.78, 5) is 4.57. The Kier molecular flexibility index (Phi) is 7.39. The number of benzene rings is 2. The van der Waals surface area contributed by atoms with Gasteiger partial charge in [-0.05, 0) is 62.2 Å². The number of halogens is 3.